The van der Waals surface area contributed by atoms with E-state index in [4.69, 9.17) is 0 Å². The first-order chi connectivity index (χ1) is 11.1. The van der Waals surface area contributed by atoms with Crippen molar-refractivity contribution in [3.63, 3.8) is 0 Å². The van der Waals surface area contributed by atoms with Gasteiger partial charge in [0.25, 0.3) is 0 Å². The number of anilines is 2. The molecule has 0 radical (unpaired) electrons. The van der Waals surface area contributed by atoms with Crippen LogP contribution >= 0.6 is 0 Å². The second-order valence-corrected chi connectivity index (χ2v) is 4.35. The molecule has 1 aromatic carbocycles. The van der Waals surface area contributed by atoms with Gasteiger partial charge in [0.2, 0.25) is 5.95 Å². The first kappa shape index (κ1) is 16.4. The number of nitrogens with one attached hydrogen (secondary N) is 3. The second-order valence-electron chi connectivity index (χ2n) is 4.35. The number of ether oxygens (including phenoxy) is 1. The number of urea groups is 1. The Morgan fingerprint density at radius 2 is 1.83 bits per heavy atom. The summed E-state index contributed by atoms with van der Waals surface area (Å²) in [5, 5.41) is 7.75. The molecular weight excluding hydrogens is 308 g/mol. The van der Waals surface area contributed by atoms with Crippen molar-refractivity contribution >= 4 is 17.7 Å². The van der Waals surface area contributed by atoms with E-state index in [1.807, 2.05) is 0 Å². The van der Waals surface area contributed by atoms with Crippen molar-refractivity contribution in [2.24, 2.45) is 0 Å². The highest BCUT2D eigenvalue weighted by molar-refractivity contribution is 5.89. The maximum atomic E-state index is 13.5. The number of carbonyl (C=O) groups excluding carboxylic acids is 1. The van der Waals surface area contributed by atoms with Gasteiger partial charge in [0, 0.05) is 43.3 Å². The molecule has 0 aliphatic carbocycles. The summed E-state index contributed by atoms with van der Waals surface area (Å²) in [5.41, 5.74) is -0.0161. The van der Waals surface area contributed by atoms with E-state index in [0.29, 0.717) is 12.5 Å². The third-order valence-corrected chi connectivity index (χ3v) is 2.72. The zero-order valence-corrected chi connectivity index (χ0v) is 12.3. The van der Waals surface area contributed by atoms with Gasteiger partial charge in [0.1, 0.15) is 0 Å². The molecule has 0 atom stereocenters. The van der Waals surface area contributed by atoms with Crippen LogP contribution in [0.3, 0.4) is 0 Å². The van der Waals surface area contributed by atoms with Crippen molar-refractivity contribution in [3.8, 4) is 5.75 Å². The number of halogens is 2. The number of rotatable bonds is 6. The van der Waals surface area contributed by atoms with Crippen LogP contribution in [0.25, 0.3) is 0 Å². The Morgan fingerprint density at radius 1 is 1.17 bits per heavy atom. The number of nitrogens with zero attached hydrogens (tertiary/aromatic N) is 2. The van der Waals surface area contributed by atoms with E-state index in [9.17, 15) is 13.6 Å². The Kier molecular flexibility index (Phi) is 5.61. The van der Waals surface area contributed by atoms with Gasteiger partial charge in [-0.1, -0.05) is 0 Å². The quantitative estimate of drug-likeness (QED) is 0.708. The van der Waals surface area contributed by atoms with Crippen LogP contribution < -0.4 is 20.7 Å². The zero-order chi connectivity index (χ0) is 16.7. The molecule has 7 nitrogen and oxygen atoms in total. The maximum Gasteiger partial charge on any atom is 0.319 e. The summed E-state index contributed by atoms with van der Waals surface area (Å²) in [7, 11) is 1.16. The lowest BCUT2D eigenvalue weighted by atomic mass is 10.2. The summed E-state index contributed by atoms with van der Waals surface area (Å²) in [6.07, 6.45) is 3.17. The van der Waals surface area contributed by atoms with E-state index in [1.54, 1.807) is 18.5 Å². The Balaban J connectivity index is 1.79. The van der Waals surface area contributed by atoms with Crippen LogP contribution in [0.2, 0.25) is 0 Å². The van der Waals surface area contributed by atoms with Crippen LogP contribution in [0.1, 0.15) is 0 Å². The van der Waals surface area contributed by atoms with Crippen molar-refractivity contribution in [1.29, 1.82) is 0 Å². The minimum atomic E-state index is -0.898. The van der Waals surface area contributed by atoms with Crippen LogP contribution in [0.5, 0.6) is 5.75 Å². The van der Waals surface area contributed by atoms with E-state index in [-0.39, 0.29) is 12.2 Å². The molecule has 0 aliphatic heterocycles. The smallest absolute Gasteiger partial charge is 0.319 e. The molecule has 2 amide bonds. The molecule has 23 heavy (non-hydrogen) atoms. The number of benzene rings is 1. The third kappa shape index (κ3) is 4.77. The van der Waals surface area contributed by atoms with Gasteiger partial charge in [-0.3, -0.25) is 0 Å². The first-order valence-corrected chi connectivity index (χ1v) is 6.69. The number of methoxy groups -OCH3 is 1. The summed E-state index contributed by atoms with van der Waals surface area (Å²) >= 11 is 0. The molecule has 1 heterocycles. The average molecular weight is 323 g/mol. The van der Waals surface area contributed by atoms with Gasteiger partial charge in [0.05, 0.1) is 7.11 Å². The molecular formula is C14H15F2N5O2. The topological polar surface area (TPSA) is 88.2 Å². The van der Waals surface area contributed by atoms with Crippen LogP contribution in [0, 0.1) is 11.6 Å². The van der Waals surface area contributed by atoms with Gasteiger partial charge in [-0.05, 0) is 6.07 Å². The molecule has 0 bridgehead atoms. The fraction of sp³-hybridized carbons (Fsp3) is 0.214. The van der Waals surface area contributed by atoms with Crippen LogP contribution in [0.4, 0.5) is 25.2 Å². The van der Waals surface area contributed by atoms with Crippen molar-refractivity contribution in [3.05, 3.63) is 42.2 Å². The highest BCUT2D eigenvalue weighted by Gasteiger charge is 2.12. The van der Waals surface area contributed by atoms with Crippen molar-refractivity contribution < 1.29 is 18.3 Å². The summed E-state index contributed by atoms with van der Waals surface area (Å²) < 4.78 is 31.5. The Bertz CT molecular complexity index is 646. The lowest BCUT2D eigenvalue weighted by molar-refractivity contribution is 0.252. The largest absolute Gasteiger partial charge is 0.491 e. The van der Waals surface area contributed by atoms with E-state index in [0.717, 1.165) is 19.2 Å². The van der Waals surface area contributed by atoms with Crippen LogP contribution in [-0.4, -0.2) is 36.2 Å². The summed E-state index contributed by atoms with van der Waals surface area (Å²) in [6, 6.07) is 3.03. The lowest BCUT2D eigenvalue weighted by Crippen LogP contribution is -2.32. The average Bonchev–Trinajstić information content (AvgIpc) is 2.52. The number of carbonyl (C=O) groups is 1. The lowest BCUT2D eigenvalue weighted by Gasteiger charge is -2.10. The Morgan fingerprint density at radius 3 is 2.43 bits per heavy atom. The molecule has 2 rings (SSSR count). The van der Waals surface area contributed by atoms with Crippen molar-refractivity contribution in [1.82, 2.24) is 15.3 Å². The van der Waals surface area contributed by atoms with Crippen LogP contribution in [-0.2, 0) is 0 Å². The number of aromatic nitrogens is 2. The van der Waals surface area contributed by atoms with Gasteiger partial charge >= 0.3 is 6.03 Å². The molecule has 9 heteroatoms. The molecule has 122 valence electrons. The molecule has 0 spiro atoms. The fourth-order valence-corrected chi connectivity index (χ4v) is 1.74. The number of hydrogen-bond donors (Lipinski definition) is 3. The maximum absolute atomic E-state index is 13.5. The van der Waals surface area contributed by atoms with Gasteiger partial charge in [-0.15, -0.1) is 0 Å². The molecule has 1 aromatic heterocycles. The van der Waals surface area contributed by atoms with Gasteiger partial charge < -0.3 is 20.7 Å². The standard InChI is InChI=1S/C14H15F2N5O2/c1-23-12-10(15)7-9(8-11(12)16)21-14(22)20-6-5-19-13-17-3-2-4-18-13/h2-4,7-8H,5-6H2,1H3,(H,17,18,19)(H2,20,21,22). The molecule has 0 saturated heterocycles. The summed E-state index contributed by atoms with van der Waals surface area (Å²) in [4.78, 5) is 19.5. The summed E-state index contributed by atoms with van der Waals surface area (Å²) in [6.45, 7) is 0.661. The highest BCUT2D eigenvalue weighted by atomic mass is 19.1. The van der Waals surface area contributed by atoms with Crippen molar-refractivity contribution in [2.45, 2.75) is 0 Å². The minimum Gasteiger partial charge on any atom is -0.491 e. The number of hydrogen-bond acceptors (Lipinski definition) is 5. The minimum absolute atomic E-state index is 0.0161. The molecule has 0 aliphatic rings. The predicted molar refractivity (Wildman–Crippen MR) is 80.5 cm³/mol. The monoisotopic (exact) mass is 323 g/mol. The van der Waals surface area contributed by atoms with Crippen LogP contribution in [0.15, 0.2) is 30.6 Å². The Labute approximate surface area is 131 Å². The second kappa shape index (κ2) is 7.87. The third-order valence-electron chi connectivity index (χ3n) is 2.72. The van der Waals surface area contributed by atoms with Gasteiger partial charge in [0.15, 0.2) is 17.4 Å². The predicted octanol–water partition coefficient (Wildman–Crippen LogP) is 2.00. The molecule has 2 aromatic rings. The zero-order valence-electron chi connectivity index (χ0n) is 12.3. The van der Waals surface area contributed by atoms with E-state index < -0.39 is 23.4 Å². The Hall–Kier alpha value is -2.97. The first-order valence-electron chi connectivity index (χ1n) is 6.69. The molecule has 0 saturated carbocycles. The van der Waals surface area contributed by atoms with E-state index in [2.05, 4.69) is 30.7 Å². The SMILES string of the molecule is COc1c(F)cc(NC(=O)NCCNc2ncccn2)cc1F. The summed E-state index contributed by atoms with van der Waals surface area (Å²) in [5.74, 6) is -1.85. The fourth-order valence-electron chi connectivity index (χ4n) is 1.74. The van der Waals surface area contributed by atoms with Crippen molar-refractivity contribution in [2.75, 3.05) is 30.8 Å². The normalized spacial score (nSPS) is 10.0. The van der Waals surface area contributed by atoms with Gasteiger partial charge in [-0.25, -0.2) is 23.5 Å². The molecule has 3 N–H and O–H groups in total. The molecule has 0 unspecified atom stereocenters. The van der Waals surface area contributed by atoms with E-state index in [1.165, 1.54) is 0 Å². The van der Waals surface area contributed by atoms with E-state index >= 15 is 0 Å². The number of amides is 2. The van der Waals surface area contributed by atoms with Gasteiger partial charge in [-0.2, -0.15) is 0 Å². The molecule has 0 fully saturated rings. The highest BCUT2D eigenvalue weighted by Crippen LogP contribution is 2.25.